The third-order valence-corrected chi connectivity index (χ3v) is 10.3. The van der Waals surface area contributed by atoms with Gasteiger partial charge in [-0.3, -0.25) is 9.72 Å². The average molecular weight is 677 g/mol. The Morgan fingerprint density at radius 1 is 0.920 bits per heavy atom. The highest BCUT2D eigenvalue weighted by atomic mass is 16.5. The maximum atomic E-state index is 12.5. The first-order valence-electron chi connectivity index (χ1n) is 17.6. The Balaban J connectivity index is 1.22. The third-order valence-electron chi connectivity index (χ3n) is 10.3. The van der Waals surface area contributed by atoms with E-state index in [1.54, 1.807) is 0 Å². The van der Waals surface area contributed by atoms with Crippen molar-refractivity contribution in [3.05, 3.63) is 94.8 Å². The maximum absolute atomic E-state index is 12.5. The lowest BCUT2D eigenvalue weighted by Gasteiger charge is -2.37. The van der Waals surface area contributed by atoms with Crippen LogP contribution in [0.15, 0.2) is 66.9 Å². The molecule has 1 saturated heterocycles. The number of benzene rings is 2. The van der Waals surface area contributed by atoms with Crippen molar-refractivity contribution in [3.63, 3.8) is 0 Å². The first kappa shape index (κ1) is 33.6. The Morgan fingerprint density at radius 3 is 2.28 bits per heavy atom. The van der Waals surface area contributed by atoms with E-state index in [1.807, 2.05) is 72.4 Å². The number of fused-ring (bicyclic) bond motifs is 2. The van der Waals surface area contributed by atoms with Crippen molar-refractivity contribution in [3.8, 4) is 11.4 Å². The van der Waals surface area contributed by atoms with Crippen molar-refractivity contribution in [1.29, 1.82) is 0 Å². The van der Waals surface area contributed by atoms with Crippen molar-refractivity contribution in [2.75, 3.05) is 23.3 Å². The minimum atomic E-state index is -0.689. The molecule has 1 fully saturated rings. The zero-order chi connectivity index (χ0) is 35.4. The summed E-state index contributed by atoms with van der Waals surface area (Å²) in [6.07, 6.45) is 5.14. The number of piperidine rings is 1. The Labute approximate surface area is 293 Å². The number of urea groups is 1. The summed E-state index contributed by atoms with van der Waals surface area (Å²) < 4.78 is 10.6. The van der Waals surface area contributed by atoms with Crippen LogP contribution in [0.3, 0.4) is 0 Å². The number of rotatable bonds is 7. The van der Waals surface area contributed by atoms with Crippen molar-refractivity contribution in [2.24, 2.45) is 11.7 Å². The van der Waals surface area contributed by atoms with Crippen LogP contribution in [0.5, 0.6) is 5.75 Å². The number of hydrogen-bond donors (Lipinski definition) is 3. The van der Waals surface area contributed by atoms with Crippen LogP contribution >= 0.6 is 0 Å². The van der Waals surface area contributed by atoms with Gasteiger partial charge in [-0.05, 0) is 87.8 Å². The topological polar surface area (TPSA) is 136 Å². The van der Waals surface area contributed by atoms with Gasteiger partial charge in [-0.1, -0.05) is 62.7 Å². The maximum Gasteiger partial charge on any atom is 0.317 e. The van der Waals surface area contributed by atoms with E-state index in [-0.39, 0.29) is 23.4 Å². The lowest BCUT2D eigenvalue weighted by Crippen LogP contribution is -2.42. The minimum Gasteiger partial charge on any atom is -0.484 e. The van der Waals surface area contributed by atoms with Crippen LogP contribution in [0.4, 0.5) is 16.6 Å². The van der Waals surface area contributed by atoms with E-state index in [0.717, 1.165) is 89.8 Å². The van der Waals surface area contributed by atoms with Gasteiger partial charge in [0.25, 0.3) is 0 Å². The van der Waals surface area contributed by atoms with Gasteiger partial charge in [-0.2, -0.15) is 5.10 Å². The molecule has 0 radical (unpaired) electrons. The molecule has 50 heavy (non-hydrogen) atoms. The van der Waals surface area contributed by atoms with Crippen LogP contribution in [-0.4, -0.2) is 54.2 Å². The molecule has 2 aliphatic rings. The third kappa shape index (κ3) is 6.42. The van der Waals surface area contributed by atoms with E-state index in [0.29, 0.717) is 5.82 Å². The van der Waals surface area contributed by atoms with E-state index in [1.165, 1.54) is 0 Å². The van der Waals surface area contributed by atoms with Crippen molar-refractivity contribution in [1.82, 2.24) is 24.4 Å². The molecule has 1 aliphatic heterocycles. The number of amides is 2. The molecular formula is C39H48N8O3. The van der Waals surface area contributed by atoms with E-state index < -0.39 is 11.6 Å². The molecule has 262 valence electrons. The number of hydrogen-bond acceptors (Lipinski definition) is 7. The monoisotopic (exact) mass is 676 g/mol. The van der Waals surface area contributed by atoms with Crippen LogP contribution in [0, 0.1) is 12.8 Å². The van der Waals surface area contributed by atoms with Crippen LogP contribution < -0.4 is 20.7 Å². The smallest absolute Gasteiger partial charge is 0.317 e. The number of carbonyl (C=O) groups is 1. The quantitative estimate of drug-likeness (QED) is 0.168. The Hall–Kier alpha value is -4.90. The number of nitrogens with two attached hydrogens (primary N) is 1. The standard InChI is InChI=1S/C39H48N8O3/c1-24-11-13-26(14-12-24)47-35(41-36(40)48)33(34(44-47)38(2,3)4)30-16-17-31(29-10-8-7-9-28(29)30)50-27-15-18-32-42-43-37(46(32)23-27)45-21-19-25(20-22-45)39(5,6)49/h7-15,18,23,25,30-31,49H,16-17,19-22H2,1-6H3,(H3,40,41,48)/t30-,31+/m0/s1. The number of anilines is 2. The van der Waals surface area contributed by atoms with E-state index in [2.05, 4.69) is 65.5 Å². The van der Waals surface area contributed by atoms with Crippen LogP contribution in [0.2, 0.25) is 0 Å². The fourth-order valence-corrected chi connectivity index (χ4v) is 7.69. The zero-order valence-corrected chi connectivity index (χ0v) is 29.8. The molecule has 3 aromatic heterocycles. The van der Waals surface area contributed by atoms with Gasteiger partial charge in [0.15, 0.2) is 5.65 Å². The molecule has 2 amide bonds. The predicted molar refractivity (Wildman–Crippen MR) is 195 cm³/mol. The van der Waals surface area contributed by atoms with Crippen molar-refractivity contribution >= 4 is 23.4 Å². The number of pyridine rings is 1. The lowest BCUT2D eigenvalue weighted by molar-refractivity contribution is 0.00638. The average Bonchev–Trinajstić information content (AvgIpc) is 3.66. The molecule has 7 rings (SSSR count). The molecule has 0 bridgehead atoms. The summed E-state index contributed by atoms with van der Waals surface area (Å²) in [5.41, 5.74) is 11.7. The summed E-state index contributed by atoms with van der Waals surface area (Å²) in [6.45, 7) is 13.9. The van der Waals surface area contributed by atoms with E-state index in [4.69, 9.17) is 15.6 Å². The van der Waals surface area contributed by atoms with Gasteiger partial charge < -0.3 is 20.5 Å². The summed E-state index contributed by atoms with van der Waals surface area (Å²) in [4.78, 5) is 14.7. The molecule has 0 spiro atoms. The summed E-state index contributed by atoms with van der Waals surface area (Å²) in [5, 5.41) is 27.6. The lowest BCUT2D eigenvalue weighted by atomic mass is 9.74. The molecule has 0 saturated carbocycles. The van der Waals surface area contributed by atoms with Gasteiger partial charge >= 0.3 is 6.03 Å². The summed E-state index contributed by atoms with van der Waals surface area (Å²) >= 11 is 0. The zero-order valence-electron chi connectivity index (χ0n) is 29.8. The second-order valence-electron chi connectivity index (χ2n) is 15.5. The number of primary amides is 1. The number of aryl methyl sites for hydroxylation is 1. The molecule has 4 N–H and O–H groups in total. The first-order chi connectivity index (χ1) is 23.8. The van der Waals surface area contributed by atoms with Gasteiger partial charge in [0, 0.05) is 30.0 Å². The normalized spacial score (nSPS) is 18.7. The molecule has 2 atom stereocenters. The summed E-state index contributed by atoms with van der Waals surface area (Å²) in [5.74, 6) is 2.34. The highest BCUT2D eigenvalue weighted by Crippen LogP contribution is 2.48. The second kappa shape index (κ2) is 12.8. The summed E-state index contributed by atoms with van der Waals surface area (Å²) in [6, 6.07) is 19.8. The Kier molecular flexibility index (Phi) is 8.58. The molecule has 2 aromatic carbocycles. The fourth-order valence-electron chi connectivity index (χ4n) is 7.69. The molecule has 1 aliphatic carbocycles. The highest BCUT2D eigenvalue weighted by Gasteiger charge is 2.38. The van der Waals surface area contributed by atoms with Gasteiger partial charge in [-0.15, -0.1) is 10.2 Å². The SMILES string of the molecule is Cc1ccc(-n2nc(C(C)(C)C)c([C@H]3CC[C@@H](Oc4ccc5nnc(N6CCC(C(C)(C)O)CC6)n5c4)c4ccccc43)c2NC(N)=O)cc1. The van der Waals surface area contributed by atoms with E-state index in [9.17, 15) is 9.90 Å². The van der Waals surface area contributed by atoms with Crippen molar-refractivity contribution in [2.45, 2.75) is 90.3 Å². The molecule has 11 nitrogen and oxygen atoms in total. The number of aliphatic hydroxyl groups is 1. The number of carbonyl (C=O) groups excluding carboxylic acids is 1. The molecule has 5 aromatic rings. The number of ether oxygens (including phenoxy) is 1. The van der Waals surface area contributed by atoms with Crippen LogP contribution in [0.1, 0.15) is 100 Å². The van der Waals surface area contributed by atoms with Gasteiger partial charge in [0.2, 0.25) is 5.95 Å². The number of nitrogens with one attached hydrogen (secondary N) is 1. The van der Waals surface area contributed by atoms with Crippen LogP contribution in [-0.2, 0) is 5.41 Å². The number of nitrogens with zero attached hydrogens (tertiary/aromatic N) is 6. The first-order valence-corrected chi connectivity index (χ1v) is 17.6. The van der Waals surface area contributed by atoms with Gasteiger partial charge in [-0.25, -0.2) is 9.48 Å². The molecule has 0 unspecified atom stereocenters. The largest absolute Gasteiger partial charge is 0.484 e. The fraction of sp³-hybridized carbons (Fsp3) is 0.436. The number of aromatic nitrogens is 5. The highest BCUT2D eigenvalue weighted by molar-refractivity contribution is 5.88. The molecule has 4 heterocycles. The van der Waals surface area contributed by atoms with Crippen LogP contribution in [0.25, 0.3) is 11.3 Å². The van der Waals surface area contributed by atoms with Gasteiger partial charge in [0.1, 0.15) is 17.7 Å². The minimum absolute atomic E-state index is 0.0416. The Bertz CT molecular complexity index is 2010. The summed E-state index contributed by atoms with van der Waals surface area (Å²) in [7, 11) is 0. The molecule has 11 heteroatoms. The van der Waals surface area contributed by atoms with E-state index >= 15 is 0 Å². The molecular weight excluding hydrogens is 628 g/mol. The Morgan fingerprint density at radius 2 is 1.62 bits per heavy atom. The second-order valence-corrected chi connectivity index (χ2v) is 15.5. The predicted octanol–water partition coefficient (Wildman–Crippen LogP) is 7.04. The van der Waals surface area contributed by atoms with Crippen molar-refractivity contribution < 1.29 is 14.6 Å². The van der Waals surface area contributed by atoms with Gasteiger partial charge in [0.05, 0.1) is 23.2 Å².